The number of nitrogens with one attached hydrogen (secondary N) is 1. The van der Waals surface area contributed by atoms with Crippen LogP contribution in [0.4, 0.5) is 0 Å². The molecule has 1 aliphatic rings. The van der Waals surface area contributed by atoms with Gasteiger partial charge in [-0.25, -0.2) is 0 Å². The first-order valence-electron chi connectivity index (χ1n) is 4.60. The molecule has 0 aromatic rings. The van der Waals surface area contributed by atoms with E-state index in [2.05, 4.69) is 5.32 Å². The zero-order valence-electron chi connectivity index (χ0n) is 8.52. The number of hydrogen-bond donors (Lipinski definition) is 1. The molecule has 74 valence electrons. The number of rotatable bonds is 3. The number of Topliss-reactive ketones (excluding diaryl/α,β-unsaturated/α-hetero) is 1. The maximum Gasteiger partial charge on any atom is 0.210 e. The molecule has 0 amide bonds. The molecule has 0 saturated heterocycles. The van der Waals surface area contributed by atoms with E-state index in [9.17, 15) is 4.79 Å². The Morgan fingerprint density at radius 1 is 1.62 bits per heavy atom. The number of ketones is 1. The minimum atomic E-state index is -0.0190. The van der Waals surface area contributed by atoms with Crippen molar-refractivity contribution in [2.75, 3.05) is 13.2 Å². The van der Waals surface area contributed by atoms with E-state index in [1.165, 1.54) is 0 Å². The van der Waals surface area contributed by atoms with E-state index in [1.807, 2.05) is 26.8 Å². The Morgan fingerprint density at radius 3 is 2.77 bits per heavy atom. The van der Waals surface area contributed by atoms with E-state index in [0.29, 0.717) is 18.9 Å². The minimum absolute atomic E-state index is 0.0190. The van der Waals surface area contributed by atoms with Crippen LogP contribution in [0, 0.1) is 0 Å². The van der Waals surface area contributed by atoms with Gasteiger partial charge in [0.05, 0.1) is 13.2 Å². The first-order chi connectivity index (χ1) is 5.99. The number of hydrogen-bond acceptors (Lipinski definition) is 3. The highest BCUT2D eigenvalue weighted by atomic mass is 16.5. The van der Waals surface area contributed by atoms with Crippen molar-refractivity contribution >= 4 is 5.78 Å². The molecule has 1 rings (SSSR count). The SMILES string of the molecule is CC(C)(C)NCC(=O)C1=CCCO1. The zero-order chi connectivity index (χ0) is 9.90. The van der Waals surface area contributed by atoms with Crippen LogP contribution < -0.4 is 5.32 Å². The van der Waals surface area contributed by atoms with Crippen LogP contribution in [0.1, 0.15) is 27.2 Å². The van der Waals surface area contributed by atoms with Crippen LogP contribution in [-0.4, -0.2) is 24.5 Å². The zero-order valence-corrected chi connectivity index (χ0v) is 8.52. The maximum atomic E-state index is 11.4. The summed E-state index contributed by atoms with van der Waals surface area (Å²) in [5, 5.41) is 3.13. The summed E-state index contributed by atoms with van der Waals surface area (Å²) in [5.74, 6) is 0.573. The molecule has 0 aliphatic carbocycles. The molecule has 3 nitrogen and oxygen atoms in total. The van der Waals surface area contributed by atoms with E-state index < -0.39 is 0 Å². The molecule has 0 unspecified atom stereocenters. The van der Waals surface area contributed by atoms with Gasteiger partial charge < -0.3 is 10.1 Å². The van der Waals surface area contributed by atoms with Gasteiger partial charge in [-0.3, -0.25) is 4.79 Å². The largest absolute Gasteiger partial charge is 0.490 e. The maximum absolute atomic E-state index is 11.4. The summed E-state index contributed by atoms with van der Waals surface area (Å²) in [6, 6.07) is 0. The van der Waals surface area contributed by atoms with Crippen LogP contribution in [0.15, 0.2) is 11.8 Å². The Kier molecular flexibility index (Phi) is 3.09. The van der Waals surface area contributed by atoms with E-state index in [0.717, 1.165) is 6.42 Å². The summed E-state index contributed by atoms with van der Waals surface area (Å²) in [5.41, 5.74) is -0.0190. The molecule has 0 saturated carbocycles. The third-order valence-corrected chi connectivity index (χ3v) is 1.76. The van der Waals surface area contributed by atoms with Crippen molar-refractivity contribution < 1.29 is 9.53 Å². The smallest absolute Gasteiger partial charge is 0.210 e. The van der Waals surface area contributed by atoms with Crippen molar-refractivity contribution in [1.29, 1.82) is 0 Å². The third kappa shape index (κ3) is 3.59. The lowest BCUT2D eigenvalue weighted by Crippen LogP contribution is -2.39. The van der Waals surface area contributed by atoms with E-state index in [-0.39, 0.29) is 11.3 Å². The molecule has 0 atom stereocenters. The van der Waals surface area contributed by atoms with Crippen molar-refractivity contribution in [2.45, 2.75) is 32.7 Å². The highest BCUT2D eigenvalue weighted by Crippen LogP contribution is 2.10. The summed E-state index contributed by atoms with van der Waals surface area (Å²) in [6.45, 7) is 7.10. The minimum Gasteiger partial charge on any atom is -0.490 e. The summed E-state index contributed by atoms with van der Waals surface area (Å²) in [4.78, 5) is 11.4. The standard InChI is InChI=1S/C10H17NO2/c1-10(2,3)11-7-8(12)9-5-4-6-13-9/h5,11H,4,6-7H2,1-3H3. The monoisotopic (exact) mass is 183 g/mol. The molecule has 0 radical (unpaired) electrons. The van der Waals surface area contributed by atoms with Gasteiger partial charge in [0.25, 0.3) is 0 Å². The van der Waals surface area contributed by atoms with Gasteiger partial charge >= 0.3 is 0 Å². The third-order valence-electron chi connectivity index (χ3n) is 1.76. The molecule has 1 heterocycles. The molecule has 0 aromatic carbocycles. The average molecular weight is 183 g/mol. The first kappa shape index (κ1) is 10.3. The van der Waals surface area contributed by atoms with Gasteiger partial charge in [0.1, 0.15) is 0 Å². The molecule has 0 spiro atoms. The lowest BCUT2D eigenvalue weighted by molar-refractivity contribution is -0.118. The Hall–Kier alpha value is -0.830. The van der Waals surface area contributed by atoms with Gasteiger partial charge in [0.15, 0.2) is 5.76 Å². The van der Waals surface area contributed by atoms with Crippen molar-refractivity contribution in [2.24, 2.45) is 0 Å². The van der Waals surface area contributed by atoms with E-state index >= 15 is 0 Å². The Bertz CT molecular complexity index is 226. The van der Waals surface area contributed by atoms with Crippen LogP contribution in [0.25, 0.3) is 0 Å². The predicted octanol–water partition coefficient (Wildman–Crippen LogP) is 1.25. The lowest BCUT2D eigenvalue weighted by atomic mass is 10.1. The molecule has 0 aromatic heterocycles. The van der Waals surface area contributed by atoms with Crippen molar-refractivity contribution in [3.05, 3.63) is 11.8 Å². The summed E-state index contributed by atoms with van der Waals surface area (Å²) in [7, 11) is 0. The molecule has 1 aliphatic heterocycles. The second-order valence-corrected chi connectivity index (χ2v) is 4.23. The summed E-state index contributed by atoms with van der Waals surface area (Å²) >= 11 is 0. The Balaban J connectivity index is 2.33. The second kappa shape index (κ2) is 3.92. The summed E-state index contributed by atoms with van der Waals surface area (Å²) < 4.78 is 5.15. The number of carbonyl (C=O) groups is 1. The van der Waals surface area contributed by atoms with Crippen LogP contribution in [-0.2, 0) is 9.53 Å². The van der Waals surface area contributed by atoms with Gasteiger partial charge in [-0.2, -0.15) is 0 Å². The molecule has 13 heavy (non-hydrogen) atoms. The lowest BCUT2D eigenvalue weighted by Gasteiger charge is -2.19. The number of carbonyl (C=O) groups excluding carboxylic acids is 1. The predicted molar refractivity (Wildman–Crippen MR) is 51.4 cm³/mol. The van der Waals surface area contributed by atoms with Crippen LogP contribution in [0.2, 0.25) is 0 Å². The topological polar surface area (TPSA) is 38.3 Å². The molecule has 0 bridgehead atoms. The van der Waals surface area contributed by atoms with Crippen molar-refractivity contribution in [1.82, 2.24) is 5.32 Å². The molecule has 0 fully saturated rings. The average Bonchev–Trinajstić information content (AvgIpc) is 2.50. The van der Waals surface area contributed by atoms with Gasteiger partial charge in [-0.05, 0) is 26.8 Å². The van der Waals surface area contributed by atoms with E-state index in [4.69, 9.17) is 4.74 Å². The fourth-order valence-corrected chi connectivity index (χ4v) is 1.04. The quantitative estimate of drug-likeness (QED) is 0.715. The normalized spacial score (nSPS) is 16.7. The summed E-state index contributed by atoms with van der Waals surface area (Å²) in [6.07, 6.45) is 2.71. The van der Waals surface area contributed by atoms with E-state index in [1.54, 1.807) is 0 Å². The molecule has 1 N–H and O–H groups in total. The molecular formula is C10H17NO2. The Morgan fingerprint density at radius 2 is 2.31 bits per heavy atom. The number of ether oxygens (including phenoxy) is 1. The fourth-order valence-electron chi connectivity index (χ4n) is 1.04. The second-order valence-electron chi connectivity index (χ2n) is 4.23. The highest BCUT2D eigenvalue weighted by Gasteiger charge is 2.17. The van der Waals surface area contributed by atoms with Gasteiger partial charge in [-0.1, -0.05) is 0 Å². The van der Waals surface area contributed by atoms with Crippen molar-refractivity contribution in [3.63, 3.8) is 0 Å². The fraction of sp³-hybridized carbons (Fsp3) is 0.700. The van der Waals surface area contributed by atoms with Gasteiger partial charge in [0, 0.05) is 12.0 Å². The molecule has 3 heteroatoms. The molecular weight excluding hydrogens is 166 g/mol. The van der Waals surface area contributed by atoms with Crippen molar-refractivity contribution in [3.8, 4) is 0 Å². The van der Waals surface area contributed by atoms with Crippen LogP contribution in [0.3, 0.4) is 0 Å². The van der Waals surface area contributed by atoms with Crippen LogP contribution in [0.5, 0.6) is 0 Å². The van der Waals surface area contributed by atoms with Gasteiger partial charge in [0.2, 0.25) is 5.78 Å². The van der Waals surface area contributed by atoms with Crippen LogP contribution >= 0.6 is 0 Å². The van der Waals surface area contributed by atoms with Gasteiger partial charge in [-0.15, -0.1) is 0 Å². The first-order valence-corrected chi connectivity index (χ1v) is 4.60. The highest BCUT2D eigenvalue weighted by molar-refractivity contribution is 5.95. The Labute approximate surface area is 79.2 Å².